The van der Waals surface area contributed by atoms with Crippen molar-refractivity contribution in [3.8, 4) is 0 Å². The van der Waals surface area contributed by atoms with Gasteiger partial charge in [-0.2, -0.15) is 0 Å². The Morgan fingerprint density at radius 2 is 1.86 bits per heavy atom. The third kappa shape index (κ3) is 2.45. The van der Waals surface area contributed by atoms with Gasteiger partial charge in [-0.1, -0.05) is 0 Å². The van der Waals surface area contributed by atoms with Gasteiger partial charge in [0.2, 0.25) is 0 Å². The lowest BCUT2D eigenvalue weighted by atomic mass is 9.70. The quantitative estimate of drug-likeness (QED) is 0.496. The molecule has 1 heterocycles. The topological polar surface area (TPSA) is 72.7 Å². The highest BCUT2D eigenvalue weighted by molar-refractivity contribution is 4.92. The second-order valence-electron chi connectivity index (χ2n) is 4.27. The summed E-state index contributed by atoms with van der Waals surface area (Å²) in [5.41, 5.74) is -0.297. The molecule has 1 aliphatic rings. The summed E-state index contributed by atoms with van der Waals surface area (Å²) in [6.07, 6.45) is 0.761. The SMILES string of the molecule is C[C@H](O)C(O)C1(CCO)CCNCC1. The van der Waals surface area contributed by atoms with Crippen LogP contribution in [-0.2, 0) is 0 Å². The molecule has 0 amide bonds. The first-order chi connectivity index (χ1) is 6.62. The van der Waals surface area contributed by atoms with Gasteiger partial charge in [-0.05, 0) is 39.3 Å². The van der Waals surface area contributed by atoms with Gasteiger partial charge in [0.1, 0.15) is 0 Å². The molecule has 0 aromatic heterocycles. The molecule has 2 atom stereocenters. The molecule has 84 valence electrons. The van der Waals surface area contributed by atoms with Gasteiger partial charge >= 0.3 is 0 Å². The van der Waals surface area contributed by atoms with Gasteiger partial charge in [0.15, 0.2) is 0 Å². The first-order valence-corrected chi connectivity index (χ1v) is 5.30. The van der Waals surface area contributed by atoms with Gasteiger partial charge in [-0.3, -0.25) is 0 Å². The molecule has 14 heavy (non-hydrogen) atoms. The van der Waals surface area contributed by atoms with Crippen LogP contribution in [0.5, 0.6) is 0 Å². The molecular weight excluding hydrogens is 182 g/mol. The van der Waals surface area contributed by atoms with Gasteiger partial charge < -0.3 is 20.6 Å². The first kappa shape index (κ1) is 11.9. The van der Waals surface area contributed by atoms with Crippen LogP contribution in [0.2, 0.25) is 0 Å². The predicted molar refractivity (Wildman–Crippen MR) is 53.9 cm³/mol. The molecule has 4 heteroatoms. The van der Waals surface area contributed by atoms with Gasteiger partial charge in [-0.25, -0.2) is 0 Å². The first-order valence-electron chi connectivity index (χ1n) is 5.30. The van der Waals surface area contributed by atoms with E-state index in [9.17, 15) is 10.2 Å². The van der Waals surface area contributed by atoms with Crippen molar-refractivity contribution < 1.29 is 15.3 Å². The average molecular weight is 203 g/mol. The van der Waals surface area contributed by atoms with E-state index in [2.05, 4.69) is 5.32 Å². The fraction of sp³-hybridized carbons (Fsp3) is 1.00. The summed E-state index contributed by atoms with van der Waals surface area (Å²) in [6.45, 7) is 3.38. The summed E-state index contributed by atoms with van der Waals surface area (Å²) in [5, 5.41) is 31.6. The van der Waals surface area contributed by atoms with E-state index in [1.165, 1.54) is 0 Å². The molecule has 0 aliphatic carbocycles. The molecule has 0 aromatic rings. The van der Waals surface area contributed by atoms with E-state index in [0.29, 0.717) is 6.42 Å². The van der Waals surface area contributed by atoms with Crippen molar-refractivity contribution >= 4 is 0 Å². The molecule has 1 fully saturated rings. The maximum atomic E-state index is 9.94. The van der Waals surface area contributed by atoms with Crippen molar-refractivity contribution in [2.45, 2.75) is 38.4 Å². The van der Waals surface area contributed by atoms with Crippen LogP contribution >= 0.6 is 0 Å². The van der Waals surface area contributed by atoms with E-state index in [4.69, 9.17) is 5.11 Å². The van der Waals surface area contributed by atoms with Crippen LogP contribution in [-0.4, -0.2) is 47.2 Å². The Morgan fingerprint density at radius 3 is 2.29 bits per heavy atom. The Bertz CT molecular complexity index is 161. The molecule has 1 rings (SSSR count). The smallest absolute Gasteiger partial charge is 0.0854 e. The number of hydrogen-bond donors (Lipinski definition) is 4. The van der Waals surface area contributed by atoms with Gasteiger partial charge in [0, 0.05) is 12.0 Å². The molecule has 0 aromatic carbocycles. The fourth-order valence-corrected chi connectivity index (χ4v) is 2.35. The van der Waals surface area contributed by atoms with Crippen molar-refractivity contribution in [1.29, 1.82) is 0 Å². The van der Waals surface area contributed by atoms with E-state index in [-0.39, 0.29) is 12.0 Å². The summed E-state index contributed by atoms with van der Waals surface area (Å²) in [7, 11) is 0. The zero-order valence-electron chi connectivity index (χ0n) is 8.74. The largest absolute Gasteiger partial charge is 0.396 e. The molecular formula is C10H21NO3. The number of hydrogen-bond acceptors (Lipinski definition) is 4. The molecule has 1 unspecified atom stereocenters. The minimum atomic E-state index is -0.725. The number of aliphatic hydroxyl groups is 3. The Morgan fingerprint density at radius 1 is 1.29 bits per heavy atom. The molecule has 4 nitrogen and oxygen atoms in total. The van der Waals surface area contributed by atoms with Crippen LogP contribution in [0, 0.1) is 5.41 Å². The van der Waals surface area contributed by atoms with Gasteiger partial charge in [-0.15, -0.1) is 0 Å². The average Bonchev–Trinajstić information content (AvgIpc) is 2.18. The van der Waals surface area contributed by atoms with Crippen molar-refractivity contribution in [2.24, 2.45) is 5.41 Å². The number of aliphatic hydroxyl groups excluding tert-OH is 3. The molecule has 0 saturated carbocycles. The summed E-state index contributed by atoms with van der Waals surface area (Å²) in [6, 6.07) is 0. The van der Waals surface area contributed by atoms with E-state index >= 15 is 0 Å². The second-order valence-corrected chi connectivity index (χ2v) is 4.27. The second kappa shape index (κ2) is 5.07. The summed E-state index contributed by atoms with van der Waals surface area (Å²) >= 11 is 0. The Balaban J connectivity index is 2.68. The normalized spacial score (nSPS) is 25.7. The Kier molecular flexibility index (Phi) is 4.31. The van der Waals surface area contributed by atoms with Crippen LogP contribution in [0.1, 0.15) is 26.2 Å². The zero-order chi connectivity index (χ0) is 10.6. The highest BCUT2D eigenvalue weighted by Gasteiger charge is 2.40. The molecule has 4 N–H and O–H groups in total. The maximum Gasteiger partial charge on any atom is 0.0854 e. The zero-order valence-corrected chi connectivity index (χ0v) is 8.74. The minimum Gasteiger partial charge on any atom is -0.396 e. The number of rotatable bonds is 4. The van der Waals surface area contributed by atoms with Crippen molar-refractivity contribution in [1.82, 2.24) is 5.32 Å². The predicted octanol–water partition coefficient (Wildman–Crippen LogP) is -0.520. The van der Waals surface area contributed by atoms with Gasteiger partial charge in [0.25, 0.3) is 0 Å². The lowest BCUT2D eigenvalue weighted by Crippen LogP contribution is -2.49. The Labute approximate surface area is 85.0 Å². The lowest BCUT2D eigenvalue weighted by Gasteiger charge is -2.42. The third-order valence-electron chi connectivity index (χ3n) is 3.29. The highest BCUT2D eigenvalue weighted by Crippen LogP contribution is 2.37. The highest BCUT2D eigenvalue weighted by atomic mass is 16.3. The van der Waals surface area contributed by atoms with E-state index < -0.39 is 12.2 Å². The van der Waals surface area contributed by atoms with Gasteiger partial charge in [0.05, 0.1) is 12.2 Å². The molecule has 1 saturated heterocycles. The van der Waals surface area contributed by atoms with Crippen molar-refractivity contribution in [2.75, 3.05) is 19.7 Å². The molecule has 0 spiro atoms. The standard InChI is InChI=1S/C10H21NO3/c1-8(13)9(14)10(4-7-12)2-5-11-6-3-10/h8-9,11-14H,2-7H2,1H3/t8-,9?/m0/s1. The fourth-order valence-electron chi connectivity index (χ4n) is 2.35. The monoisotopic (exact) mass is 203 g/mol. The minimum absolute atomic E-state index is 0.0732. The van der Waals surface area contributed by atoms with Crippen LogP contribution in [0.15, 0.2) is 0 Å². The summed E-state index contributed by atoms with van der Waals surface area (Å²) in [4.78, 5) is 0. The van der Waals surface area contributed by atoms with Crippen molar-refractivity contribution in [3.05, 3.63) is 0 Å². The van der Waals surface area contributed by atoms with E-state index in [1.807, 2.05) is 0 Å². The number of piperidine rings is 1. The van der Waals surface area contributed by atoms with Crippen LogP contribution in [0.4, 0.5) is 0 Å². The lowest BCUT2D eigenvalue weighted by molar-refractivity contribution is -0.0806. The van der Waals surface area contributed by atoms with Crippen LogP contribution in [0.25, 0.3) is 0 Å². The number of nitrogens with one attached hydrogen (secondary N) is 1. The van der Waals surface area contributed by atoms with Crippen LogP contribution in [0.3, 0.4) is 0 Å². The molecule has 0 radical (unpaired) electrons. The molecule has 1 aliphatic heterocycles. The van der Waals surface area contributed by atoms with Crippen molar-refractivity contribution in [3.63, 3.8) is 0 Å². The van der Waals surface area contributed by atoms with E-state index in [1.54, 1.807) is 6.92 Å². The molecule has 0 bridgehead atoms. The van der Waals surface area contributed by atoms with Crippen LogP contribution < -0.4 is 5.32 Å². The Hall–Kier alpha value is -0.160. The van der Waals surface area contributed by atoms with E-state index in [0.717, 1.165) is 25.9 Å². The maximum absolute atomic E-state index is 9.94. The third-order valence-corrected chi connectivity index (χ3v) is 3.29. The summed E-state index contributed by atoms with van der Waals surface area (Å²) < 4.78 is 0. The summed E-state index contributed by atoms with van der Waals surface area (Å²) in [5.74, 6) is 0.